The van der Waals surface area contributed by atoms with Crippen molar-refractivity contribution < 1.29 is 74.3 Å². The molecule has 0 saturated carbocycles. The summed E-state index contributed by atoms with van der Waals surface area (Å²) in [5.41, 5.74) is 0.927. The second-order valence-electron chi connectivity index (χ2n) is 9.69. The normalized spacial score (nSPS) is 11.9. The molecule has 2 N–H and O–H groups in total. The molecule has 47 heavy (non-hydrogen) atoms. The number of hydrogen-bond acceptors (Lipinski definition) is 12. The maximum Gasteiger partial charge on any atom is 2.00 e. The number of phenols is 2. The van der Waals surface area contributed by atoms with Crippen molar-refractivity contribution >= 4 is 30.0 Å². The largest absolute Gasteiger partial charge is 2.00 e. The van der Waals surface area contributed by atoms with Crippen molar-refractivity contribution in [2.24, 2.45) is 9.98 Å². The van der Waals surface area contributed by atoms with Crippen LogP contribution in [0.1, 0.15) is 65.5 Å². The molecule has 260 valence electrons. The van der Waals surface area contributed by atoms with Gasteiger partial charge in [-0.05, 0) is 89.8 Å². The van der Waals surface area contributed by atoms with Crippen molar-refractivity contribution in [3.63, 3.8) is 0 Å². The minimum Gasteiger partial charge on any atom is -0.872 e. The predicted molar refractivity (Wildman–Crippen MR) is 180 cm³/mol. The SMILES string of the molecule is CCO[Si](CCCN=Cc1ccc(O)cc1[O-])(OCC)OCC.CCO[Si](CCCN=Cc1ccc(O)cc1[O-])(OCC)OCC.[Cd+2]. The van der Waals surface area contributed by atoms with E-state index in [1.807, 2.05) is 41.5 Å². The van der Waals surface area contributed by atoms with Crippen molar-refractivity contribution in [1.29, 1.82) is 0 Å². The van der Waals surface area contributed by atoms with E-state index in [9.17, 15) is 20.4 Å². The van der Waals surface area contributed by atoms with E-state index in [2.05, 4.69) is 9.98 Å². The van der Waals surface area contributed by atoms with Crippen LogP contribution in [-0.2, 0) is 53.9 Å². The van der Waals surface area contributed by atoms with Crippen LogP contribution in [0.2, 0.25) is 12.1 Å². The molecular formula is C32H52CdN2O10Si2. The number of nitrogens with zero attached hydrogens (tertiary/aromatic N) is 2. The maximum atomic E-state index is 11.6. The van der Waals surface area contributed by atoms with Gasteiger partial charge in [0.25, 0.3) is 0 Å². The fourth-order valence-electron chi connectivity index (χ4n) is 4.36. The van der Waals surface area contributed by atoms with Crippen LogP contribution in [0.25, 0.3) is 0 Å². The van der Waals surface area contributed by atoms with E-state index in [4.69, 9.17) is 26.6 Å². The summed E-state index contributed by atoms with van der Waals surface area (Å²) in [6.45, 7) is 16.0. The van der Waals surface area contributed by atoms with Crippen LogP contribution < -0.4 is 10.2 Å². The van der Waals surface area contributed by atoms with E-state index in [1.54, 1.807) is 12.1 Å². The average molecular weight is 793 g/mol. The Morgan fingerprint density at radius 2 is 0.872 bits per heavy atom. The Bertz CT molecular complexity index is 1050. The first-order valence-electron chi connectivity index (χ1n) is 16.0. The molecule has 0 fully saturated rings. The zero-order valence-corrected chi connectivity index (χ0v) is 34.9. The second kappa shape index (κ2) is 26.0. The zero-order chi connectivity index (χ0) is 34.3. The summed E-state index contributed by atoms with van der Waals surface area (Å²) in [6.07, 6.45) is 4.59. The van der Waals surface area contributed by atoms with Crippen LogP contribution in [0.4, 0.5) is 0 Å². The van der Waals surface area contributed by atoms with Gasteiger partial charge in [-0.3, -0.25) is 9.98 Å². The monoisotopic (exact) mass is 794 g/mol. The molecule has 0 spiro atoms. The third-order valence-corrected chi connectivity index (χ3v) is 12.5. The summed E-state index contributed by atoms with van der Waals surface area (Å²) in [5.74, 6) is -0.549. The van der Waals surface area contributed by atoms with Gasteiger partial charge >= 0.3 is 44.9 Å². The number of rotatable bonds is 22. The molecular weight excluding hydrogens is 741 g/mol. The molecule has 0 bridgehead atoms. The standard InChI is InChI=1S/2C16H27NO5Si.Cd/c2*1-4-20-23(21-5-2,22-6-3)11-7-10-17-13-14-8-9-15(18)12-16(14)19;/h2*8-9,12-13,18-19H,4-7,10-11H2,1-3H3;/q;;+2/p-2. The predicted octanol–water partition coefficient (Wildman–Crippen LogP) is 4.64. The fourth-order valence-corrected chi connectivity index (χ4v) is 9.55. The Balaban J connectivity index is 0.000000882. The van der Waals surface area contributed by atoms with Gasteiger partial charge in [0.05, 0.1) is 0 Å². The van der Waals surface area contributed by atoms with Crippen LogP contribution in [0, 0.1) is 0 Å². The van der Waals surface area contributed by atoms with Gasteiger partial charge in [-0.15, -0.1) is 0 Å². The summed E-state index contributed by atoms with van der Waals surface area (Å²) in [6, 6.07) is 9.80. The molecule has 2 aromatic carbocycles. The van der Waals surface area contributed by atoms with Crippen molar-refractivity contribution in [3.8, 4) is 23.0 Å². The van der Waals surface area contributed by atoms with Gasteiger partial charge in [-0.25, -0.2) is 0 Å². The van der Waals surface area contributed by atoms with E-state index in [0.717, 1.165) is 12.8 Å². The van der Waals surface area contributed by atoms with Crippen molar-refractivity contribution in [2.45, 2.75) is 66.5 Å². The van der Waals surface area contributed by atoms with Crippen molar-refractivity contribution in [1.82, 2.24) is 0 Å². The summed E-state index contributed by atoms with van der Waals surface area (Å²) in [5, 5.41) is 41.6. The van der Waals surface area contributed by atoms with Gasteiger partial charge in [-0.2, -0.15) is 0 Å². The molecule has 15 heteroatoms. The summed E-state index contributed by atoms with van der Waals surface area (Å²) < 4.78 is 34.6. The maximum absolute atomic E-state index is 11.6. The van der Waals surface area contributed by atoms with E-state index in [0.29, 0.717) is 75.9 Å². The molecule has 2 rings (SSSR count). The van der Waals surface area contributed by atoms with Gasteiger partial charge in [0, 0.05) is 77.2 Å². The van der Waals surface area contributed by atoms with Crippen LogP contribution in [0.3, 0.4) is 0 Å². The van der Waals surface area contributed by atoms with E-state index >= 15 is 0 Å². The van der Waals surface area contributed by atoms with Crippen LogP contribution >= 0.6 is 0 Å². The number of benzene rings is 2. The first-order chi connectivity index (χ1) is 22.1. The molecule has 0 aliphatic rings. The second-order valence-corrected chi connectivity index (χ2v) is 15.2. The third-order valence-electron chi connectivity index (χ3n) is 6.18. The Labute approximate surface area is 302 Å². The molecule has 0 saturated heterocycles. The summed E-state index contributed by atoms with van der Waals surface area (Å²) >= 11 is 0. The minimum atomic E-state index is -2.61. The first kappa shape index (κ1) is 45.1. The topological polar surface area (TPSA) is 167 Å². The fraction of sp³-hybridized carbons (Fsp3) is 0.562. The van der Waals surface area contributed by atoms with Crippen molar-refractivity contribution in [2.75, 3.05) is 52.7 Å². The van der Waals surface area contributed by atoms with Crippen LogP contribution in [-0.4, -0.2) is 93.0 Å². The number of phenolic OH excluding ortho intramolecular Hbond substituents is 2. The molecule has 0 aliphatic heterocycles. The molecule has 0 heterocycles. The quantitative estimate of drug-likeness (QED) is 0.0975. The molecule has 0 atom stereocenters. The summed E-state index contributed by atoms with van der Waals surface area (Å²) in [7, 11) is -5.22. The van der Waals surface area contributed by atoms with E-state index < -0.39 is 17.6 Å². The third kappa shape index (κ3) is 17.9. The number of hydrogen-bond donors (Lipinski definition) is 2. The number of aliphatic imine (C=N–C) groups is 2. The Morgan fingerprint density at radius 1 is 0.574 bits per heavy atom. The van der Waals surface area contributed by atoms with Gasteiger partial charge < -0.3 is 47.0 Å². The van der Waals surface area contributed by atoms with Gasteiger partial charge in [0.15, 0.2) is 0 Å². The Kier molecular flexibility index (Phi) is 25.0. The van der Waals surface area contributed by atoms with E-state index in [-0.39, 0.29) is 50.3 Å². The Hall–Kier alpha value is -1.90. The van der Waals surface area contributed by atoms with Gasteiger partial charge in [0.1, 0.15) is 11.5 Å². The molecule has 2 aromatic rings. The Morgan fingerprint density at radius 3 is 1.13 bits per heavy atom. The summed E-state index contributed by atoms with van der Waals surface area (Å²) in [4.78, 5) is 8.53. The molecule has 12 nitrogen and oxygen atoms in total. The molecule has 0 amide bonds. The molecule has 0 radical (unpaired) electrons. The van der Waals surface area contributed by atoms with Gasteiger partial charge in [-0.1, -0.05) is 23.6 Å². The minimum absolute atomic E-state index is 0. The smallest absolute Gasteiger partial charge is 0.872 e. The molecule has 0 unspecified atom stereocenters. The zero-order valence-electron chi connectivity index (χ0n) is 28.9. The van der Waals surface area contributed by atoms with Gasteiger partial charge in [0.2, 0.25) is 0 Å². The molecule has 0 aromatic heterocycles. The average Bonchev–Trinajstić information content (AvgIpc) is 3.00. The van der Waals surface area contributed by atoms with E-state index in [1.165, 1.54) is 36.7 Å². The van der Waals surface area contributed by atoms with Crippen LogP contribution in [0.15, 0.2) is 46.4 Å². The van der Waals surface area contributed by atoms with Crippen molar-refractivity contribution in [3.05, 3.63) is 47.5 Å². The molecule has 0 aliphatic carbocycles. The first-order valence-corrected chi connectivity index (χ1v) is 19.8. The number of aromatic hydroxyl groups is 2. The van der Waals surface area contributed by atoms with Crippen LogP contribution in [0.5, 0.6) is 23.0 Å².